The second-order valence-electron chi connectivity index (χ2n) is 5.76. The van der Waals surface area contributed by atoms with Crippen molar-refractivity contribution in [1.29, 1.82) is 0 Å². The molecule has 11 heteroatoms. The number of benzene rings is 1. The van der Waals surface area contributed by atoms with Crippen molar-refractivity contribution in [2.45, 2.75) is 20.0 Å². The molecule has 1 atom stereocenters. The zero-order valence-corrected chi connectivity index (χ0v) is 16.7. The molecule has 146 valence electrons. The zero-order valence-electron chi connectivity index (χ0n) is 14.5. The van der Waals surface area contributed by atoms with E-state index in [4.69, 9.17) is 49.8 Å². The van der Waals surface area contributed by atoms with Crippen LogP contribution in [0.3, 0.4) is 0 Å². The second-order valence-corrected chi connectivity index (χ2v) is 6.87. The number of nitrogens with two attached hydrogens (primary N) is 1. The van der Waals surface area contributed by atoms with Crippen LogP contribution in [0.5, 0.6) is 0 Å². The number of esters is 1. The number of halogens is 4. The van der Waals surface area contributed by atoms with Crippen molar-refractivity contribution in [1.82, 2.24) is 15.1 Å². The smallest absolute Gasteiger partial charge is 0.359 e. The highest BCUT2D eigenvalue weighted by Crippen LogP contribution is 2.35. The lowest BCUT2D eigenvalue weighted by Crippen LogP contribution is -2.13. The van der Waals surface area contributed by atoms with Crippen molar-refractivity contribution >= 4 is 46.5 Å². The first-order chi connectivity index (χ1) is 13.2. The van der Waals surface area contributed by atoms with Crippen molar-refractivity contribution in [3.05, 3.63) is 56.4 Å². The fourth-order valence-corrected chi connectivity index (χ4v) is 2.77. The number of pyridine rings is 1. The van der Waals surface area contributed by atoms with Gasteiger partial charge in [-0.25, -0.2) is 14.2 Å². The largest absolute Gasteiger partial charge is 0.448 e. The molecule has 3 rings (SSSR count). The van der Waals surface area contributed by atoms with Gasteiger partial charge >= 0.3 is 5.97 Å². The van der Waals surface area contributed by atoms with Gasteiger partial charge in [0.2, 0.25) is 5.82 Å². The molecular weight excluding hydrogens is 434 g/mol. The van der Waals surface area contributed by atoms with Crippen LogP contribution >= 0.6 is 34.8 Å². The molecule has 1 unspecified atom stereocenters. The normalized spacial score (nSPS) is 12.1. The number of aryl methyl sites for hydroxylation is 1. The summed E-state index contributed by atoms with van der Waals surface area (Å²) >= 11 is 17.6. The van der Waals surface area contributed by atoms with Gasteiger partial charge in [-0.15, -0.1) is 0 Å². The number of aromatic nitrogens is 3. The van der Waals surface area contributed by atoms with E-state index in [0.717, 1.165) is 0 Å². The fourth-order valence-electron chi connectivity index (χ4n) is 2.18. The van der Waals surface area contributed by atoms with E-state index in [2.05, 4.69) is 15.1 Å². The van der Waals surface area contributed by atoms with Gasteiger partial charge in [-0.1, -0.05) is 52.1 Å². The average molecular weight is 446 g/mol. The summed E-state index contributed by atoms with van der Waals surface area (Å²) in [5.41, 5.74) is 6.19. The van der Waals surface area contributed by atoms with Gasteiger partial charge in [0.15, 0.2) is 17.0 Å². The topological polar surface area (TPSA) is 104 Å². The van der Waals surface area contributed by atoms with E-state index in [1.807, 2.05) is 0 Å². The Morgan fingerprint density at radius 3 is 2.64 bits per heavy atom. The maximum atomic E-state index is 13.7. The lowest BCUT2D eigenvalue weighted by atomic mass is 10.1. The molecule has 0 radical (unpaired) electrons. The number of carbonyl (C=O) groups excluding carboxylic acids is 1. The average Bonchev–Trinajstić information content (AvgIpc) is 3.15. The van der Waals surface area contributed by atoms with E-state index in [-0.39, 0.29) is 38.3 Å². The highest BCUT2D eigenvalue weighted by Gasteiger charge is 2.25. The molecule has 0 fully saturated rings. The first-order valence-electron chi connectivity index (χ1n) is 7.80. The molecule has 2 N–H and O–H groups in total. The summed E-state index contributed by atoms with van der Waals surface area (Å²) in [5.74, 6) is -1.18. The van der Waals surface area contributed by atoms with Gasteiger partial charge in [0.05, 0.1) is 10.7 Å². The van der Waals surface area contributed by atoms with Crippen molar-refractivity contribution in [2.24, 2.45) is 0 Å². The lowest BCUT2D eigenvalue weighted by molar-refractivity contribution is 0.0259. The SMILES string of the molecule is Cc1ccc(-c2noc(C(C)OC(=O)c3nc(Cl)c(Cl)c(N)c3Cl)n2)cc1F. The molecule has 3 aromatic rings. The molecule has 1 aromatic carbocycles. The van der Waals surface area contributed by atoms with Crippen molar-refractivity contribution in [3.63, 3.8) is 0 Å². The number of ether oxygens (including phenoxy) is 1. The number of nitrogen functional groups attached to an aromatic ring is 1. The van der Waals surface area contributed by atoms with E-state index < -0.39 is 17.9 Å². The highest BCUT2D eigenvalue weighted by molar-refractivity contribution is 6.46. The Labute approximate surface area is 173 Å². The molecule has 0 bridgehead atoms. The first-order valence-corrected chi connectivity index (χ1v) is 8.93. The third-order valence-corrected chi connectivity index (χ3v) is 4.90. The standard InChI is InChI=1S/C17H12Cl3FN4O3/c1-6-3-4-8(5-9(6)21)15-24-16(28-25-15)7(2)27-17(26)13-10(18)12(22)11(19)14(20)23-13/h3-5,7H,1-2H3,(H2,22,23). The summed E-state index contributed by atoms with van der Waals surface area (Å²) in [7, 11) is 0. The van der Waals surface area contributed by atoms with Crippen LogP contribution in [0.2, 0.25) is 15.2 Å². The van der Waals surface area contributed by atoms with Gasteiger partial charge in [-0.2, -0.15) is 4.98 Å². The van der Waals surface area contributed by atoms with Crippen LogP contribution in [0.15, 0.2) is 22.7 Å². The molecule has 0 aliphatic rings. The third kappa shape index (κ3) is 3.89. The van der Waals surface area contributed by atoms with E-state index in [9.17, 15) is 9.18 Å². The van der Waals surface area contributed by atoms with Gasteiger partial charge in [-0.05, 0) is 25.5 Å². The summed E-state index contributed by atoms with van der Waals surface area (Å²) in [6, 6.07) is 4.52. The summed E-state index contributed by atoms with van der Waals surface area (Å²) < 4.78 is 24.0. The van der Waals surface area contributed by atoms with Crippen molar-refractivity contribution in [2.75, 3.05) is 5.73 Å². The lowest BCUT2D eigenvalue weighted by Gasteiger charge is -2.11. The van der Waals surface area contributed by atoms with E-state index in [1.165, 1.54) is 13.0 Å². The minimum Gasteiger partial charge on any atom is -0.448 e. The molecule has 28 heavy (non-hydrogen) atoms. The highest BCUT2D eigenvalue weighted by atomic mass is 35.5. The zero-order chi connectivity index (χ0) is 20.6. The van der Waals surface area contributed by atoms with Crippen LogP contribution in [0.25, 0.3) is 11.4 Å². The number of hydrogen-bond donors (Lipinski definition) is 1. The predicted octanol–water partition coefficient (Wildman–Crippen LogP) is 5.04. The Balaban J connectivity index is 1.80. The molecule has 0 amide bonds. The monoisotopic (exact) mass is 444 g/mol. The molecule has 2 heterocycles. The third-order valence-electron chi connectivity index (χ3n) is 3.77. The van der Waals surface area contributed by atoms with Crippen LogP contribution in [0.4, 0.5) is 10.1 Å². The Hall–Kier alpha value is -2.42. The summed E-state index contributed by atoms with van der Waals surface area (Å²) in [5, 5.41) is 3.33. The molecule has 7 nitrogen and oxygen atoms in total. The van der Waals surface area contributed by atoms with Gasteiger partial charge in [0, 0.05) is 5.56 Å². The molecule has 2 aromatic heterocycles. The van der Waals surface area contributed by atoms with E-state index in [1.54, 1.807) is 19.1 Å². The van der Waals surface area contributed by atoms with Crippen LogP contribution in [-0.4, -0.2) is 21.1 Å². The molecule has 0 saturated carbocycles. The summed E-state index contributed by atoms with van der Waals surface area (Å²) in [4.78, 5) is 20.3. The number of anilines is 1. The Morgan fingerprint density at radius 2 is 1.96 bits per heavy atom. The molecule has 0 aliphatic carbocycles. The molecule has 0 saturated heterocycles. The van der Waals surface area contributed by atoms with Gasteiger partial charge < -0.3 is 15.0 Å². The Kier molecular flexibility index (Phi) is 5.74. The maximum absolute atomic E-state index is 13.7. The number of carbonyl (C=O) groups is 1. The first kappa shape index (κ1) is 20.3. The van der Waals surface area contributed by atoms with Crippen LogP contribution in [0, 0.1) is 12.7 Å². The van der Waals surface area contributed by atoms with Crippen LogP contribution < -0.4 is 5.73 Å². The second kappa shape index (κ2) is 7.90. The molecular formula is C17H12Cl3FN4O3. The minimum atomic E-state index is -0.947. The Bertz CT molecular complexity index is 1070. The number of nitrogens with zero attached hydrogens (tertiary/aromatic N) is 3. The van der Waals surface area contributed by atoms with Crippen LogP contribution in [0.1, 0.15) is 35.0 Å². The van der Waals surface area contributed by atoms with Gasteiger partial charge in [0.25, 0.3) is 5.89 Å². The quantitative estimate of drug-likeness (QED) is 0.443. The molecule has 0 aliphatic heterocycles. The summed E-state index contributed by atoms with van der Waals surface area (Å²) in [6.07, 6.45) is -0.947. The van der Waals surface area contributed by atoms with Crippen molar-refractivity contribution in [3.8, 4) is 11.4 Å². The van der Waals surface area contributed by atoms with E-state index in [0.29, 0.717) is 11.1 Å². The predicted molar refractivity (Wildman–Crippen MR) is 102 cm³/mol. The number of rotatable bonds is 4. The van der Waals surface area contributed by atoms with Gasteiger partial charge in [0.1, 0.15) is 10.8 Å². The summed E-state index contributed by atoms with van der Waals surface area (Å²) in [6.45, 7) is 3.14. The van der Waals surface area contributed by atoms with E-state index >= 15 is 0 Å². The van der Waals surface area contributed by atoms with Crippen molar-refractivity contribution < 1.29 is 18.4 Å². The Morgan fingerprint density at radius 1 is 1.25 bits per heavy atom. The molecule has 0 spiro atoms. The van der Waals surface area contributed by atoms with Crippen LogP contribution in [-0.2, 0) is 4.74 Å². The number of hydrogen-bond acceptors (Lipinski definition) is 7. The fraction of sp³-hybridized carbons (Fsp3) is 0.176. The maximum Gasteiger partial charge on any atom is 0.359 e. The van der Waals surface area contributed by atoms with Gasteiger partial charge in [-0.3, -0.25) is 0 Å². The minimum absolute atomic E-state index is 0.00603.